The zero-order valence-electron chi connectivity index (χ0n) is 15.3. The summed E-state index contributed by atoms with van der Waals surface area (Å²) in [6.45, 7) is 4.56. The number of piperazine rings is 2. The molecule has 1 aromatic heterocycles. The van der Waals surface area contributed by atoms with Gasteiger partial charge in [0, 0.05) is 64.8 Å². The van der Waals surface area contributed by atoms with Crippen molar-refractivity contribution in [1.29, 1.82) is 0 Å². The van der Waals surface area contributed by atoms with Gasteiger partial charge in [-0.15, -0.1) is 0 Å². The van der Waals surface area contributed by atoms with E-state index in [4.69, 9.17) is 0 Å². The highest BCUT2D eigenvalue weighted by molar-refractivity contribution is 6.08. The van der Waals surface area contributed by atoms with Crippen molar-refractivity contribution in [3.05, 3.63) is 18.5 Å². The number of hydrogen-bond donors (Lipinski definition) is 0. The van der Waals surface area contributed by atoms with E-state index >= 15 is 0 Å². The van der Waals surface area contributed by atoms with E-state index in [-0.39, 0.29) is 11.8 Å². The van der Waals surface area contributed by atoms with Gasteiger partial charge < -0.3 is 19.6 Å². The molecular formula is C18H24N6O3. The Morgan fingerprint density at radius 3 is 1.85 bits per heavy atom. The van der Waals surface area contributed by atoms with Crippen LogP contribution >= 0.6 is 0 Å². The Balaban J connectivity index is 1.35. The number of nitrogens with zero attached hydrogens (tertiary/aromatic N) is 6. The molecule has 0 atom stereocenters. The lowest BCUT2D eigenvalue weighted by Gasteiger charge is -2.38. The zero-order valence-corrected chi connectivity index (χ0v) is 15.3. The Morgan fingerprint density at radius 2 is 1.37 bits per heavy atom. The molecule has 144 valence electrons. The van der Waals surface area contributed by atoms with E-state index in [1.54, 1.807) is 28.3 Å². The zero-order chi connectivity index (χ0) is 18.9. The molecule has 0 unspecified atom stereocenters. The molecule has 3 aliphatic rings. The Morgan fingerprint density at radius 1 is 0.852 bits per heavy atom. The molecule has 0 N–H and O–H groups in total. The molecular weight excluding hydrogens is 348 g/mol. The third kappa shape index (κ3) is 3.33. The predicted molar refractivity (Wildman–Crippen MR) is 96.7 cm³/mol. The van der Waals surface area contributed by atoms with Crippen LogP contribution in [0.5, 0.6) is 0 Å². The molecule has 1 aliphatic carbocycles. The van der Waals surface area contributed by atoms with Crippen molar-refractivity contribution >= 4 is 24.2 Å². The first-order valence-electron chi connectivity index (χ1n) is 9.44. The summed E-state index contributed by atoms with van der Waals surface area (Å²) in [6, 6.07) is 1.78. The van der Waals surface area contributed by atoms with Crippen LogP contribution in [-0.4, -0.2) is 95.3 Å². The van der Waals surface area contributed by atoms with Crippen molar-refractivity contribution < 1.29 is 14.4 Å². The highest BCUT2D eigenvalue weighted by Gasteiger charge is 2.59. The van der Waals surface area contributed by atoms with Crippen LogP contribution in [0.2, 0.25) is 0 Å². The molecule has 3 heterocycles. The molecule has 0 aromatic carbocycles. The molecule has 0 spiro atoms. The van der Waals surface area contributed by atoms with Crippen LogP contribution in [0, 0.1) is 5.41 Å². The minimum absolute atomic E-state index is 0.0426. The predicted octanol–water partition coefficient (Wildman–Crippen LogP) is -0.794. The first kappa shape index (κ1) is 17.7. The summed E-state index contributed by atoms with van der Waals surface area (Å²) < 4.78 is 0. The molecule has 2 saturated heterocycles. The van der Waals surface area contributed by atoms with Gasteiger partial charge in [-0.05, 0) is 18.9 Å². The molecule has 0 radical (unpaired) electrons. The first-order chi connectivity index (χ1) is 13.1. The van der Waals surface area contributed by atoms with Crippen molar-refractivity contribution in [3.63, 3.8) is 0 Å². The van der Waals surface area contributed by atoms with Crippen molar-refractivity contribution in [3.8, 4) is 0 Å². The van der Waals surface area contributed by atoms with Gasteiger partial charge in [0.05, 0.1) is 0 Å². The lowest BCUT2D eigenvalue weighted by Crippen LogP contribution is -2.56. The van der Waals surface area contributed by atoms with Gasteiger partial charge in [0.1, 0.15) is 5.41 Å². The fourth-order valence-corrected chi connectivity index (χ4v) is 3.84. The summed E-state index contributed by atoms with van der Waals surface area (Å²) in [6.07, 6.45) is 5.49. The molecule has 3 amide bonds. The van der Waals surface area contributed by atoms with Crippen LogP contribution in [0.4, 0.5) is 5.95 Å². The van der Waals surface area contributed by atoms with Crippen LogP contribution in [0.1, 0.15) is 12.8 Å². The van der Waals surface area contributed by atoms with Gasteiger partial charge in [0.25, 0.3) is 0 Å². The molecule has 4 rings (SSSR count). The average molecular weight is 372 g/mol. The number of rotatable bonds is 4. The monoisotopic (exact) mass is 372 g/mol. The minimum Gasteiger partial charge on any atom is -0.342 e. The van der Waals surface area contributed by atoms with E-state index < -0.39 is 5.41 Å². The number of amides is 3. The molecule has 9 heteroatoms. The number of hydrogen-bond acceptors (Lipinski definition) is 6. The summed E-state index contributed by atoms with van der Waals surface area (Å²) in [4.78, 5) is 52.7. The number of anilines is 1. The highest BCUT2D eigenvalue weighted by atomic mass is 16.2. The van der Waals surface area contributed by atoms with Gasteiger partial charge in [0.2, 0.25) is 24.2 Å². The summed E-state index contributed by atoms with van der Waals surface area (Å²) in [7, 11) is 0. The van der Waals surface area contributed by atoms with Gasteiger partial charge in [-0.1, -0.05) is 0 Å². The minimum atomic E-state index is -0.866. The van der Waals surface area contributed by atoms with Gasteiger partial charge in [-0.2, -0.15) is 0 Å². The van der Waals surface area contributed by atoms with Crippen LogP contribution < -0.4 is 4.90 Å². The van der Waals surface area contributed by atoms with Crippen LogP contribution in [0.25, 0.3) is 0 Å². The molecule has 2 aliphatic heterocycles. The molecule has 3 fully saturated rings. The third-order valence-corrected chi connectivity index (χ3v) is 5.72. The Labute approximate surface area is 157 Å². The van der Waals surface area contributed by atoms with Crippen molar-refractivity contribution in [2.75, 3.05) is 57.3 Å². The maximum Gasteiger partial charge on any atom is 0.238 e. The molecule has 27 heavy (non-hydrogen) atoms. The summed E-state index contributed by atoms with van der Waals surface area (Å²) in [5.74, 6) is 0.570. The summed E-state index contributed by atoms with van der Waals surface area (Å²) in [5, 5.41) is 0. The van der Waals surface area contributed by atoms with E-state index in [1.165, 1.54) is 0 Å². The molecule has 9 nitrogen and oxygen atoms in total. The number of aromatic nitrogens is 2. The van der Waals surface area contributed by atoms with Gasteiger partial charge in [-0.3, -0.25) is 14.4 Å². The normalized spacial score (nSPS) is 21.8. The Kier molecular flexibility index (Phi) is 4.67. The van der Waals surface area contributed by atoms with E-state index in [9.17, 15) is 14.4 Å². The molecule has 1 aromatic rings. The second kappa shape index (κ2) is 7.13. The second-order valence-corrected chi connectivity index (χ2v) is 7.34. The topological polar surface area (TPSA) is 90.0 Å². The van der Waals surface area contributed by atoms with Crippen molar-refractivity contribution in [2.45, 2.75) is 12.8 Å². The number of carbonyl (C=O) groups excluding carboxylic acids is 3. The van der Waals surface area contributed by atoms with E-state index in [0.29, 0.717) is 71.1 Å². The fourth-order valence-electron chi connectivity index (χ4n) is 3.84. The largest absolute Gasteiger partial charge is 0.342 e. The Bertz CT molecular complexity index is 707. The summed E-state index contributed by atoms with van der Waals surface area (Å²) in [5.41, 5.74) is -0.866. The SMILES string of the molecule is O=CN1CCN(C(=O)C2(C(=O)N3CCN(c4ncccn4)CC3)CC2)CC1. The highest BCUT2D eigenvalue weighted by Crippen LogP contribution is 2.49. The first-order valence-corrected chi connectivity index (χ1v) is 9.44. The maximum absolute atomic E-state index is 13.1. The maximum atomic E-state index is 13.1. The van der Waals surface area contributed by atoms with E-state index in [1.807, 2.05) is 4.90 Å². The molecule has 0 bridgehead atoms. The van der Waals surface area contributed by atoms with E-state index in [2.05, 4.69) is 14.9 Å². The van der Waals surface area contributed by atoms with Gasteiger partial charge in [-0.25, -0.2) is 9.97 Å². The van der Waals surface area contributed by atoms with Crippen LogP contribution in [0.15, 0.2) is 18.5 Å². The van der Waals surface area contributed by atoms with Gasteiger partial charge >= 0.3 is 0 Å². The van der Waals surface area contributed by atoms with Crippen LogP contribution in [-0.2, 0) is 14.4 Å². The quantitative estimate of drug-likeness (QED) is 0.508. The Hall–Kier alpha value is -2.71. The van der Waals surface area contributed by atoms with Crippen molar-refractivity contribution in [1.82, 2.24) is 24.7 Å². The smallest absolute Gasteiger partial charge is 0.238 e. The fraction of sp³-hybridized carbons (Fsp3) is 0.611. The second-order valence-electron chi connectivity index (χ2n) is 7.34. The van der Waals surface area contributed by atoms with Gasteiger partial charge in [0.15, 0.2) is 0 Å². The van der Waals surface area contributed by atoms with E-state index in [0.717, 1.165) is 6.41 Å². The van der Waals surface area contributed by atoms with Crippen LogP contribution in [0.3, 0.4) is 0 Å². The lowest BCUT2D eigenvalue weighted by molar-refractivity contribution is -0.151. The lowest BCUT2D eigenvalue weighted by atomic mass is 10.0. The molecule has 1 saturated carbocycles. The van der Waals surface area contributed by atoms with Crippen molar-refractivity contribution in [2.24, 2.45) is 5.41 Å². The standard InChI is InChI=1S/C18H24N6O3/c25-14-21-6-8-22(9-7-21)15(26)18(2-3-18)16(27)23-10-12-24(13-11-23)17-19-4-1-5-20-17/h1,4-5,14H,2-3,6-13H2. The number of carbonyl (C=O) groups is 3. The summed E-state index contributed by atoms with van der Waals surface area (Å²) >= 11 is 0. The third-order valence-electron chi connectivity index (χ3n) is 5.72. The average Bonchev–Trinajstić information content (AvgIpc) is 3.55.